The summed E-state index contributed by atoms with van der Waals surface area (Å²) in [5.74, 6) is -0.600. The summed E-state index contributed by atoms with van der Waals surface area (Å²) in [4.78, 5) is 50.6. The Kier molecular flexibility index (Phi) is 6.53. The maximum Gasteiger partial charge on any atom is 0.337 e. The minimum Gasteiger partial charge on any atom is -0.321 e. The molecule has 0 aliphatic carbocycles. The van der Waals surface area contributed by atoms with E-state index in [-0.39, 0.29) is 13.1 Å². The topological polar surface area (TPSA) is 113 Å². The number of carbonyl (C=O) groups is 1. The largest absolute Gasteiger partial charge is 0.337 e. The quantitative estimate of drug-likeness (QED) is 0.529. The molecular weight excluding hydrogens is 412 g/mol. The molecule has 10 nitrogen and oxygen atoms in total. The Morgan fingerprint density at radius 3 is 2.00 bits per heavy atom. The second-order valence-corrected chi connectivity index (χ2v) is 7.07. The zero-order valence-corrected chi connectivity index (χ0v) is 17.9. The van der Waals surface area contributed by atoms with Crippen molar-refractivity contribution in [2.75, 3.05) is 5.32 Å². The van der Waals surface area contributed by atoms with Crippen molar-refractivity contribution in [3.63, 3.8) is 0 Å². The molecule has 0 fully saturated rings. The number of allylic oxidation sites excluding steroid dienone is 2. The molecule has 1 amide bonds. The van der Waals surface area contributed by atoms with Crippen molar-refractivity contribution >= 4 is 11.6 Å². The zero-order valence-electron chi connectivity index (χ0n) is 17.9. The van der Waals surface area contributed by atoms with Crippen molar-refractivity contribution in [2.45, 2.75) is 33.5 Å². The van der Waals surface area contributed by atoms with Gasteiger partial charge in [-0.15, -0.1) is 13.2 Å². The van der Waals surface area contributed by atoms with Crippen LogP contribution in [0.3, 0.4) is 0 Å². The van der Waals surface area contributed by atoms with Gasteiger partial charge in [0.2, 0.25) is 5.91 Å². The number of amides is 1. The Balaban J connectivity index is 1.97. The van der Waals surface area contributed by atoms with Gasteiger partial charge in [-0.05, 0) is 26.0 Å². The molecule has 0 atom stereocenters. The number of nitrogens with one attached hydrogen (secondary N) is 1. The van der Waals surface area contributed by atoms with Crippen LogP contribution in [0.25, 0.3) is 5.69 Å². The Morgan fingerprint density at radius 2 is 1.47 bits per heavy atom. The van der Waals surface area contributed by atoms with Gasteiger partial charge >= 0.3 is 17.1 Å². The SMILES string of the molecule is C=CCn1c(=O)n(CC=C)c(=O)n(CC(=O)Nc2c(C)nn(-c3ccccc3)c2C)c1=O. The molecule has 32 heavy (non-hydrogen) atoms. The number of carbonyl (C=O) groups excluding carboxylic acids is 1. The number of hydrogen-bond acceptors (Lipinski definition) is 5. The lowest BCUT2D eigenvalue weighted by Gasteiger charge is -2.12. The van der Waals surface area contributed by atoms with Gasteiger partial charge in [-0.1, -0.05) is 30.4 Å². The van der Waals surface area contributed by atoms with Crippen molar-refractivity contribution in [3.05, 3.63) is 98.5 Å². The summed E-state index contributed by atoms with van der Waals surface area (Å²) in [6, 6.07) is 9.41. The van der Waals surface area contributed by atoms with Gasteiger partial charge in [0.05, 0.1) is 35.9 Å². The minimum absolute atomic E-state index is 0.0984. The third kappa shape index (κ3) is 4.15. The molecule has 1 N–H and O–H groups in total. The van der Waals surface area contributed by atoms with Crippen molar-refractivity contribution in [2.24, 2.45) is 0 Å². The van der Waals surface area contributed by atoms with Crippen LogP contribution in [0.2, 0.25) is 0 Å². The number of para-hydroxylation sites is 1. The predicted octanol–water partition coefficient (Wildman–Crippen LogP) is 0.985. The number of aryl methyl sites for hydroxylation is 1. The Hall–Kier alpha value is -4.21. The van der Waals surface area contributed by atoms with Crippen LogP contribution in [0, 0.1) is 13.8 Å². The molecule has 0 bridgehead atoms. The summed E-state index contributed by atoms with van der Waals surface area (Å²) in [6.45, 7) is 9.83. The predicted molar refractivity (Wildman–Crippen MR) is 121 cm³/mol. The zero-order chi connectivity index (χ0) is 23.4. The monoisotopic (exact) mass is 436 g/mol. The molecule has 0 saturated carbocycles. The average molecular weight is 436 g/mol. The molecule has 0 spiro atoms. The lowest BCUT2D eigenvalue weighted by Crippen LogP contribution is -2.55. The van der Waals surface area contributed by atoms with Crippen molar-refractivity contribution < 1.29 is 4.79 Å². The number of rotatable bonds is 8. The molecular formula is C22H24N6O4. The summed E-state index contributed by atoms with van der Waals surface area (Å²) in [5, 5.41) is 7.20. The highest BCUT2D eigenvalue weighted by Gasteiger charge is 2.19. The second kappa shape index (κ2) is 9.29. The highest BCUT2D eigenvalue weighted by atomic mass is 16.2. The van der Waals surface area contributed by atoms with E-state index in [2.05, 4.69) is 23.6 Å². The maximum atomic E-state index is 12.8. The Bertz CT molecular complexity index is 1310. The van der Waals surface area contributed by atoms with E-state index in [1.54, 1.807) is 18.5 Å². The van der Waals surface area contributed by atoms with E-state index >= 15 is 0 Å². The van der Waals surface area contributed by atoms with E-state index in [1.165, 1.54) is 12.2 Å². The first kappa shape index (κ1) is 22.5. The molecule has 2 aromatic heterocycles. The summed E-state index contributed by atoms with van der Waals surface area (Å²) in [7, 11) is 0. The molecule has 10 heteroatoms. The second-order valence-electron chi connectivity index (χ2n) is 7.07. The van der Waals surface area contributed by atoms with E-state index in [9.17, 15) is 19.2 Å². The molecule has 0 unspecified atom stereocenters. The minimum atomic E-state index is -0.885. The molecule has 0 aliphatic rings. The third-order valence-corrected chi connectivity index (χ3v) is 4.87. The van der Waals surface area contributed by atoms with E-state index in [0.717, 1.165) is 19.4 Å². The lowest BCUT2D eigenvalue weighted by atomic mass is 10.3. The summed E-state index contributed by atoms with van der Waals surface area (Å²) in [5.41, 5.74) is 0.0223. The van der Waals surface area contributed by atoms with E-state index in [0.29, 0.717) is 17.1 Å². The molecule has 3 aromatic rings. The van der Waals surface area contributed by atoms with E-state index < -0.39 is 29.5 Å². The maximum absolute atomic E-state index is 12.8. The summed E-state index contributed by atoms with van der Waals surface area (Å²) in [6.07, 6.45) is 2.72. The van der Waals surface area contributed by atoms with Gasteiger partial charge in [0.1, 0.15) is 6.54 Å². The van der Waals surface area contributed by atoms with Crippen LogP contribution in [-0.2, 0) is 24.4 Å². The van der Waals surface area contributed by atoms with Gasteiger partial charge < -0.3 is 5.32 Å². The number of hydrogen-bond donors (Lipinski definition) is 1. The molecule has 2 heterocycles. The van der Waals surface area contributed by atoms with Crippen LogP contribution in [0.15, 0.2) is 70.0 Å². The highest BCUT2D eigenvalue weighted by molar-refractivity contribution is 5.91. The number of anilines is 1. The number of aromatic nitrogens is 5. The van der Waals surface area contributed by atoms with Gasteiger partial charge in [0, 0.05) is 0 Å². The molecule has 166 valence electrons. The number of benzene rings is 1. The molecule has 0 radical (unpaired) electrons. The highest BCUT2D eigenvalue weighted by Crippen LogP contribution is 2.22. The van der Waals surface area contributed by atoms with Gasteiger partial charge in [0.15, 0.2) is 0 Å². The standard InChI is InChI=1S/C22H24N6O4/c1-5-12-25-20(30)26(13-6-2)22(32)27(21(25)31)14-18(29)23-19-15(3)24-28(16(19)4)17-10-8-7-9-11-17/h5-11H,1-2,12-14H2,3-4H3,(H,23,29). The molecule has 1 aromatic carbocycles. The van der Waals surface area contributed by atoms with Gasteiger partial charge in [-0.25, -0.2) is 32.8 Å². The van der Waals surface area contributed by atoms with Crippen LogP contribution < -0.4 is 22.4 Å². The molecule has 3 rings (SSSR count). The summed E-state index contributed by atoms with van der Waals surface area (Å²) < 4.78 is 4.10. The van der Waals surface area contributed by atoms with Crippen molar-refractivity contribution in [3.8, 4) is 5.69 Å². The van der Waals surface area contributed by atoms with Crippen LogP contribution in [0.1, 0.15) is 11.4 Å². The Morgan fingerprint density at radius 1 is 0.938 bits per heavy atom. The fourth-order valence-electron chi connectivity index (χ4n) is 3.36. The molecule has 0 saturated heterocycles. The first-order chi connectivity index (χ1) is 15.3. The van der Waals surface area contributed by atoms with E-state index in [4.69, 9.17) is 0 Å². The van der Waals surface area contributed by atoms with Crippen molar-refractivity contribution in [1.29, 1.82) is 0 Å². The van der Waals surface area contributed by atoms with Gasteiger partial charge in [-0.2, -0.15) is 5.10 Å². The average Bonchev–Trinajstić information content (AvgIpc) is 3.06. The fraction of sp³-hybridized carbons (Fsp3) is 0.227. The van der Waals surface area contributed by atoms with Crippen LogP contribution in [0.4, 0.5) is 5.69 Å². The number of nitrogens with zero attached hydrogens (tertiary/aromatic N) is 5. The first-order valence-corrected chi connectivity index (χ1v) is 9.87. The lowest BCUT2D eigenvalue weighted by molar-refractivity contribution is -0.116. The van der Waals surface area contributed by atoms with Crippen LogP contribution in [-0.4, -0.2) is 29.4 Å². The Labute approximate surface area is 183 Å². The molecule has 0 aliphatic heterocycles. The van der Waals surface area contributed by atoms with Crippen LogP contribution >= 0.6 is 0 Å². The van der Waals surface area contributed by atoms with E-state index in [1.807, 2.05) is 30.3 Å². The van der Waals surface area contributed by atoms with Crippen LogP contribution in [0.5, 0.6) is 0 Å². The fourth-order valence-corrected chi connectivity index (χ4v) is 3.36. The normalized spacial score (nSPS) is 10.7. The van der Waals surface area contributed by atoms with Gasteiger partial charge in [0.25, 0.3) is 0 Å². The van der Waals surface area contributed by atoms with Crippen molar-refractivity contribution in [1.82, 2.24) is 23.5 Å². The first-order valence-electron chi connectivity index (χ1n) is 9.87. The third-order valence-electron chi connectivity index (χ3n) is 4.87. The summed E-state index contributed by atoms with van der Waals surface area (Å²) >= 11 is 0. The smallest absolute Gasteiger partial charge is 0.321 e. The van der Waals surface area contributed by atoms with Gasteiger partial charge in [-0.3, -0.25) is 4.79 Å².